The van der Waals surface area contributed by atoms with Gasteiger partial charge in [-0.3, -0.25) is 9.10 Å². The standard InChI is InChI=1S/C15H11Cl5N2O3S/c1-26(24,25)22(14-6-12(19)11(18)5-13(14)20)7-15(23)21-8-2-3-9(16)10(17)4-8/h2-6H,7H2,1H3,(H,21,23). The minimum absolute atomic E-state index is 0.0344. The van der Waals surface area contributed by atoms with Gasteiger partial charge in [0.05, 0.1) is 37.1 Å². The number of hydrogen-bond donors (Lipinski definition) is 1. The molecular weight excluding hydrogens is 466 g/mol. The van der Waals surface area contributed by atoms with Gasteiger partial charge in [-0.25, -0.2) is 8.42 Å². The molecule has 0 bridgehead atoms. The Bertz CT molecular complexity index is 966. The maximum atomic E-state index is 12.3. The van der Waals surface area contributed by atoms with Crippen molar-refractivity contribution >= 4 is 85.3 Å². The molecule has 0 unspecified atom stereocenters. The van der Waals surface area contributed by atoms with Crippen molar-refractivity contribution in [2.24, 2.45) is 0 Å². The van der Waals surface area contributed by atoms with Crippen LogP contribution in [0.4, 0.5) is 11.4 Å². The van der Waals surface area contributed by atoms with Gasteiger partial charge in [0.15, 0.2) is 0 Å². The highest BCUT2D eigenvalue weighted by Crippen LogP contribution is 2.35. The number of sulfonamides is 1. The number of halogens is 5. The van der Waals surface area contributed by atoms with E-state index in [1.807, 2.05) is 0 Å². The van der Waals surface area contributed by atoms with Crippen LogP contribution in [0.2, 0.25) is 25.1 Å². The quantitative estimate of drug-likeness (QED) is 0.591. The highest BCUT2D eigenvalue weighted by atomic mass is 35.5. The highest BCUT2D eigenvalue weighted by molar-refractivity contribution is 7.92. The van der Waals surface area contributed by atoms with E-state index in [2.05, 4.69) is 5.32 Å². The number of carbonyl (C=O) groups excluding carboxylic acids is 1. The van der Waals surface area contributed by atoms with Crippen LogP contribution in [0.1, 0.15) is 0 Å². The average molecular weight is 477 g/mol. The van der Waals surface area contributed by atoms with Crippen LogP contribution in [0.15, 0.2) is 30.3 Å². The van der Waals surface area contributed by atoms with Gasteiger partial charge in [0.25, 0.3) is 0 Å². The zero-order valence-corrected chi connectivity index (χ0v) is 17.7. The van der Waals surface area contributed by atoms with Crippen molar-refractivity contribution in [1.82, 2.24) is 0 Å². The lowest BCUT2D eigenvalue weighted by molar-refractivity contribution is -0.114. The Hall–Kier alpha value is -0.890. The van der Waals surface area contributed by atoms with Gasteiger partial charge in [0, 0.05) is 5.69 Å². The van der Waals surface area contributed by atoms with E-state index in [-0.39, 0.29) is 25.8 Å². The Morgan fingerprint density at radius 3 is 2.08 bits per heavy atom. The molecule has 1 amide bonds. The van der Waals surface area contributed by atoms with Crippen LogP contribution in [0.3, 0.4) is 0 Å². The number of benzene rings is 2. The number of rotatable bonds is 5. The zero-order valence-electron chi connectivity index (χ0n) is 13.1. The molecule has 11 heteroatoms. The van der Waals surface area contributed by atoms with Crippen molar-refractivity contribution in [3.8, 4) is 0 Å². The van der Waals surface area contributed by atoms with E-state index >= 15 is 0 Å². The van der Waals surface area contributed by atoms with Crippen molar-refractivity contribution in [3.05, 3.63) is 55.4 Å². The van der Waals surface area contributed by atoms with Crippen LogP contribution < -0.4 is 9.62 Å². The number of carbonyl (C=O) groups is 1. The predicted octanol–water partition coefficient (Wildman–Crippen LogP) is 5.36. The SMILES string of the molecule is CS(=O)(=O)N(CC(=O)Nc1ccc(Cl)c(Cl)c1)c1cc(Cl)c(Cl)cc1Cl. The summed E-state index contributed by atoms with van der Waals surface area (Å²) in [4.78, 5) is 12.3. The van der Waals surface area contributed by atoms with Crippen LogP contribution in [-0.2, 0) is 14.8 Å². The number of nitrogens with zero attached hydrogens (tertiary/aromatic N) is 1. The fourth-order valence-electron chi connectivity index (χ4n) is 1.99. The molecule has 2 rings (SSSR count). The Morgan fingerprint density at radius 1 is 0.923 bits per heavy atom. The number of anilines is 2. The second-order valence-electron chi connectivity index (χ2n) is 5.16. The van der Waals surface area contributed by atoms with Gasteiger partial charge in [-0.1, -0.05) is 58.0 Å². The summed E-state index contributed by atoms with van der Waals surface area (Å²) in [6, 6.07) is 7.06. The summed E-state index contributed by atoms with van der Waals surface area (Å²) in [5, 5.41) is 3.41. The smallest absolute Gasteiger partial charge is 0.245 e. The molecule has 26 heavy (non-hydrogen) atoms. The average Bonchev–Trinajstić information content (AvgIpc) is 2.51. The van der Waals surface area contributed by atoms with Crippen LogP contribution in [0.25, 0.3) is 0 Å². The molecule has 0 saturated carbocycles. The van der Waals surface area contributed by atoms with E-state index in [4.69, 9.17) is 58.0 Å². The summed E-state index contributed by atoms with van der Waals surface area (Å²) < 4.78 is 25.1. The molecule has 0 aliphatic carbocycles. The van der Waals surface area contributed by atoms with Crippen molar-refractivity contribution in [2.75, 3.05) is 22.4 Å². The summed E-state index contributed by atoms with van der Waals surface area (Å²) in [7, 11) is -3.83. The lowest BCUT2D eigenvalue weighted by atomic mass is 10.3. The Balaban J connectivity index is 2.30. The lowest BCUT2D eigenvalue weighted by Gasteiger charge is -2.23. The second-order valence-corrected chi connectivity index (χ2v) is 9.11. The van der Waals surface area contributed by atoms with Crippen LogP contribution >= 0.6 is 58.0 Å². The second kappa shape index (κ2) is 8.42. The van der Waals surface area contributed by atoms with Gasteiger partial charge in [-0.15, -0.1) is 0 Å². The van der Waals surface area contributed by atoms with Crippen LogP contribution in [0.5, 0.6) is 0 Å². The first-order chi connectivity index (χ1) is 12.0. The first kappa shape index (κ1) is 21.4. The van der Waals surface area contributed by atoms with Crippen molar-refractivity contribution in [2.45, 2.75) is 0 Å². The minimum atomic E-state index is -3.83. The van der Waals surface area contributed by atoms with Gasteiger partial charge in [0.1, 0.15) is 6.54 Å². The van der Waals surface area contributed by atoms with E-state index in [0.717, 1.165) is 10.6 Å². The van der Waals surface area contributed by atoms with E-state index in [1.165, 1.54) is 30.3 Å². The van der Waals surface area contributed by atoms with Gasteiger partial charge < -0.3 is 5.32 Å². The van der Waals surface area contributed by atoms with E-state index < -0.39 is 22.5 Å². The molecule has 2 aromatic carbocycles. The molecule has 140 valence electrons. The Kier molecular flexibility index (Phi) is 6.93. The first-order valence-corrected chi connectivity index (χ1v) is 10.6. The molecule has 5 nitrogen and oxygen atoms in total. The van der Waals surface area contributed by atoms with Crippen LogP contribution in [-0.4, -0.2) is 27.1 Å². The summed E-state index contributed by atoms with van der Waals surface area (Å²) in [5.74, 6) is -0.615. The van der Waals surface area contributed by atoms with Gasteiger partial charge in [-0.05, 0) is 30.3 Å². The molecule has 0 fully saturated rings. The maximum absolute atomic E-state index is 12.3. The monoisotopic (exact) mass is 474 g/mol. The molecule has 0 spiro atoms. The molecule has 2 aromatic rings. The third kappa shape index (κ3) is 5.31. The van der Waals surface area contributed by atoms with Crippen molar-refractivity contribution < 1.29 is 13.2 Å². The maximum Gasteiger partial charge on any atom is 0.245 e. The predicted molar refractivity (Wildman–Crippen MR) is 109 cm³/mol. The lowest BCUT2D eigenvalue weighted by Crippen LogP contribution is -2.37. The molecule has 1 N–H and O–H groups in total. The molecule has 0 saturated heterocycles. The summed E-state index contributed by atoms with van der Waals surface area (Å²) in [5.41, 5.74) is 0.394. The fraction of sp³-hybridized carbons (Fsp3) is 0.133. The summed E-state index contributed by atoms with van der Waals surface area (Å²) in [6.07, 6.45) is 0.943. The van der Waals surface area contributed by atoms with Crippen LogP contribution in [0, 0.1) is 0 Å². The van der Waals surface area contributed by atoms with Crippen molar-refractivity contribution in [3.63, 3.8) is 0 Å². The molecule has 0 heterocycles. The number of amides is 1. The molecule has 0 aliphatic rings. The topological polar surface area (TPSA) is 66.5 Å². The zero-order chi connectivity index (χ0) is 19.6. The van der Waals surface area contributed by atoms with Crippen molar-refractivity contribution in [1.29, 1.82) is 0 Å². The largest absolute Gasteiger partial charge is 0.324 e. The summed E-state index contributed by atoms with van der Waals surface area (Å²) >= 11 is 29.6. The molecule has 0 aliphatic heterocycles. The molecular formula is C15H11Cl5N2O3S. The number of nitrogens with one attached hydrogen (secondary N) is 1. The minimum Gasteiger partial charge on any atom is -0.324 e. The first-order valence-electron chi connectivity index (χ1n) is 6.86. The molecule has 0 atom stereocenters. The summed E-state index contributed by atoms with van der Waals surface area (Å²) in [6.45, 7) is -0.531. The van der Waals surface area contributed by atoms with Gasteiger partial charge in [0.2, 0.25) is 15.9 Å². The van der Waals surface area contributed by atoms with E-state index in [1.54, 1.807) is 0 Å². The Labute approximate surface area is 175 Å². The van der Waals surface area contributed by atoms with E-state index in [0.29, 0.717) is 10.7 Å². The molecule has 0 radical (unpaired) electrons. The van der Waals surface area contributed by atoms with Gasteiger partial charge in [-0.2, -0.15) is 0 Å². The molecule has 0 aromatic heterocycles. The third-order valence-electron chi connectivity index (χ3n) is 3.15. The fourth-order valence-corrected chi connectivity index (χ4v) is 3.84. The number of hydrogen-bond acceptors (Lipinski definition) is 3. The van der Waals surface area contributed by atoms with E-state index in [9.17, 15) is 13.2 Å². The third-order valence-corrected chi connectivity index (χ3v) is 6.04. The van der Waals surface area contributed by atoms with Gasteiger partial charge >= 0.3 is 0 Å². The Morgan fingerprint density at radius 2 is 1.50 bits per heavy atom. The highest BCUT2D eigenvalue weighted by Gasteiger charge is 2.24. The normalized spacial score (nSPS) is 11.3.